The Labute approximate surface area is 189 Å². The number of nitriles is 1. The first-order chi connectivity index (χ1) is 15.3. The SMILES string of the molecule is CC(C#N)c1cccc2c1ccn2-c1ccnc(NC2CCC(N(C)S(C)(=O)=O)CC2)n1. The van der Waals surface area contributed by atoms with Crippen molar-refractivity contribution < 1.29 is 8.42 Å². The van der Waals surface area contributed by atoms with Crippen LogP contribution in [0.3, 0.4) is 0 Å². The number of fused-ring (bicyclic) bond motifs is 1. The van der Waals surface area contributed by atoms with E-state index in [1.54, 1.807) is 13.2 Å². The Morgan fingerprint density at radius 1 is 1.22 bits per heavy atom. The van der Waals surface area contributed by atoms with Crippen LogP contribution in [0.1, 0.15) is 44.1 Å². The van der Waals surface area contributed by atoms with Crippen molar-refractivity contribution in [1.82, 2.24) is 18.8 Å². The molecule has 1 fully saturated rings. The maximum Gasteiger partial charge on any atom is 0.224 e. The lowest BCUT2D eigenvalue weighted by Gasteiger charge is -2.33. The number of nitrogens with zero attached hydrogens (tertiary/aromatic N) is 5. The van der Waals surface area contributed by atoms with Crippen molar-refractivity contribution >= 4 is 26.9 Å². The molecule has 1 unspecified atom stereocenters. The summed E-state index contributed by atoms with van der Waals surface area (Å²) in [6, 6.07) is 12.4. The largest absolute Gasteiger partial charge is 0.351 e. The van der Waals surface area contributed by atoms with Crippen molar-refractivity contribution in [1.29, 1.82) is 5.26 Å². The summed E-state index contributed by atoms with van der Waals surface area (Å²) in [5.74, 6) is 1.13. The molecule has 0 aliphatic heterocycles. The molecular formula is C23H28N6O2S. The summed E-state index contributed by atoms with van der Waals surface area (Å²) in [5.41, 5.74) is 2.01. The molecule has 8 nitrogen and oxygen atoms in total. The van der Waals surface area contributed by atoms with Crippen molar-refractivity contribution in [2.45, 2.75) is 50.6 Å². The van der Waals surface area contributed by atoms with Crippen LogP contribution in [0, 0.1) is 11.3 Å². The van der Waals surface area contributed by atoms with Gasteiger partial charge in [-0.15, -0.1) is 0 Å². The molecular weight excluding hydrogens is 424 g/mol. The molecule has 168 valence electrons. The first kappa shape index (κ1) is 22.2. The second kappa shape index (κ2) is 8.88. The Kier molecular flexibility index (Phi) is 6.17. The van der Waals surface area contributed by atoms with Gasteiger partial charge in [0.2, 0.25) is 16.0 Å². The van der Waals surface area contributed by atoms with Gasteiger partial charge in [0.05, 0.1) is 23.8 Å². The van der Waals surface area contributed by atoms with Gasteiger partial charge in [-0.05, 0) is 56.4 Å². The van der Waals surface area contributed by atoms with Gasteiger partial charge < -0.3 is 9.88 Å². The molecule has 0 radical (unpaired) electrons. The lowest BCUT2D eigenvalue weighted by atomic mass is 9.91. The fraction of sp³-hybridized carbons (Fsp3) is 0.435. The molecule has 4 rings (SSSR count). The summed E-state index contributed by atoms with van der Waals surface area (Å²) in [6.45, 7) is 1.90. The second-order valence-corrected chi connectivity index (χ2v) is 10.5. The lowest BCUT2D eigenvalue weighted by molar-refractivity contribution is 0.276. The van der Waals surface area contributed by atoms with Crippen LogP contribution in [0.25, 0.3) is 16.7 Å². The Balaban J connectivity index is 1.50. The zero-order valence-electron chi connectivity index (χ0n) is 18.6. The zero-order chi connectivity index (χ0) is 22.9. The standard InChI is InChI=1S/C23H28N6O2S/c1-16(15-24)19-5-4-6-21-20(19)12-14-29(21)22-11-13-25-23(27-22)26-17-7-9-18(10-8-17)28(2)32(3,30)31/h4-6,11-14,16-18H,7-10H2,1-3H3,(H,25,26,27). The molecule has 1 aliphatic carbocycles. The minimum Gasteiger partial charge on any atom is -0.351 e. The molecule has 0 saturated heterocycles. The van der Waals surface area contributed by atoms with Crippen molar-refractivity contribution in [2.75, 3.05) is 18.6 Å². The Morgan fingerprint density at radius 2 is 1.97 bits per heavy atom. The third kappa shape index (κ3) is 4.47. The van der Waals surface area contributed by atoms with Gasteiger partial charge in [-0.2, -0.15) is 10.2 Å². The highest BCUT2D eigenvalue weighted by molar-refractivity contribution is 7.88. The van der Waals surface area contributed by atoms with Gasteiger partial charge in [0, 0.05) is 36.9 Å². The molecule has 1 atom stereocenters. The predicted octanol–water partition coefficient (Wildman–Crippen LogP) is 3.66. The van der Waals surface area contributed by atoms with Gasteiger partial charge in [-0.25, -0.2) is 17.7 Å². The van der Waals surface area contributed by atoms with E-state index in [2.05, 4.69) is 16.4 Å². The molecule has 0 spiro atoms. The number of aromatic nitrogens is 3. The van der Waals surface area contributed by atoms with Crippen LogP contribution in [-0.2, 0) is 10.0 Å². The highest BCUT2D eigenvalue weighted by atomic mass is 32.2. The molecule has 2 aromatic heterocycles. The Hall–Kier alpha value is -2.96. The van der Waals surface area contributed by atoms with E-state index in [-0.39, 0.29) is 18.0 Å². The topological polar surface area (TPSA) is 104 Å². The first-order valence-corrected chi connectivity index (χ1v) is 12.7. The van der Waals surface area contributed by atoms with E-state index in [9.17, 15) is 13.7 Å². The van der Waals surface area contributed by atoms with Crippen LogP contribution >= 0.6 is 0 Å². The summed E-state index contributed by atoms with van der Waals surface area (Å²) < 4.78 is 27.1. The number of benzene rings is 1. The molecule has 1 saturated carbocycles. The molecule has 1 aliphatic rings. The van der Waals surface area contributed by atoms with E-state index in [0.717, 1.165) is 48.0 Å². The maximum absolute atomic E-state index is 11.8. The Bertz CT molecular complexity index is 1250. The van der Waals surface area contributed by atoms with E-state index in [1.807, 2.05) is 48.0 Å². The summed E-state index contributed by atoms with van der Waals surface area (Å²) >= 11 is 0. The zero-order valence-corrected chi connectivity index (χ0v) is 19.4. The van der Waals surface area contributed by atoms with Gasteiger partial charge in [0.1, 0.15) is 5.82 Å². The van der Waals surface area contributed by atoms with Crippen LogP contribution in [0.2, 0.25) is 0 Å². The minimum absolute atomic E-state index is 0.0477. The normalized spacial score (nSPS) is 20.2. The number of anilines is 1. The van der Waals surface area contributed by atoms with Gasteiger partial charge in [-0.1, -0.05) is 12.1 Å². The maximum atomic E-state index is 11.8. The van der Waals surface area contributed by atoms with Crippen LogP contribution in [0.5, 0.6) is 0 Å². The van der Waals surface area contributed by atoms with Gasteiger partial charge in [0.15, 0.2) is 0 Å². The molecule has 2 heterocycles. The van der Waals surface area contributed by atoms with Gasteiger partial charge in [-0.3, -0.25) is 0 Å². The van der Waals surface area contributed by atoms with E-state index in [4.69, 9.17) is 4.98 Å². The average molecular weight is 453 g/mol. The van der Waals surface area contributed by atoms with Crippen LogP contribution in [0.4, 0.5) is 5.95 Å². The molecule has 1 N–H and O–H groups in total. The van der Waals surface area contributed by atoms with E-state index in [1.165, 1.54) is 10.6 Å². The van der Waals surface area contributed by atoms with Gasteiger partial charge in [0.25, 0.3) is 0 Å². The summed E-state index contributed by atoms with van der Waals surface area (Å²) in [7, 11) is -1.51. The van der Waals surface area contributed by atoms with Gasteiger partial charge >= 0.3 is 0 Å². The summed E-state index contributed by atoms with van der Waals surface area (Å²) in [4.78, 5) is 9.11. The Morgan fingerprint density at radius 3 is 2.66 bits per heavy atom. The molecule has 1 aromatic carbocycles. The highest BCUT2D eigenvalue weighted by Crippen LogP contribution is 2.29. The summed E-state index contributed by atoms with van der Waals surface area (Å²) in [5, 5.41) is 13.8. The van der Waals surface area contributed by atoms with Crippen LogP contribution in [0.15, 0.2) is 42.7 Å². The second-order valence-electron chi connectivity index (χ2n) is 8.48. The molecule has 0 amide bonds. The minimum atomic E-state index is -3.17. The number of hydrogen-bond acceptors (Lipinski definition) is 6. The third-order valence-electron chi connectivity index (χ3n) is 6.38. The number of nitrogens with one attached hydrogen (secondary N) is 1. The van der Waals surface area contributed by atoms with Crippen molar-refractivity contribution in [3.63, 3.8) is 0 Å². The summed E-state index contributed by atoms with van der Waals surface area (Å²) in [6.07, 6.45) is 8.30. The average Bonchev–Trinajstić information content (AvgIpc) is 3.22. The lowest BCUT2D eigenvalue weighted by Crippen LogP contribution is -2.41. The molecule has 3 aromatic rings. The fourth-order valence-corrected chi connectivity index (χ4v) is 5.18. The predicted molar refractivity (Wildman–Crippen MR) is 125 cm³/mol. The molecule has 32 heavy (non-hydrogen) atoms. The van der Waals surface area contributed by atoms with Crippen molar-refractivity contribution in [2.24, 2.45) is 0 Å². The molecule has 9 heteroatoms. The van der Waals surface area contributed by atoms with E-state index in [0.29, 0.717) is 5.95 Å². The first-order valence-electron chi connectivity index (χ1n) is 10.8. The number of sulfonamides is 1. The number of rotatable bonds is 6. The smallest absolute Gasteiger partial charge is 0.224 e. The van der Waals surface area contributed by atoms with E-state index >= 15 is 0 Å². The third-order valence-corrected chi connectivity index (χ3v) is 7.73. The highest BCUT2D eigenvalue weighted by Gasteiger charge is 2.28. The van der Waals surface area contributed by atoms with E-state index < -0.39 is 10.0 Å². The quantitative estimate of drug-likeness (QED) is 0.612. The van der Waals surface area contributed by atoms with Crippen LogP contribution in [-0.4, -0.2) is 52.6 Å². The number of hydrogen-bond donors (Lipinski definition) is 1. The monoisotopic (exact) mass is 452 g/mol. The van der Waals surface area contributed by atoms with Crippen LogP contribution < -0.4 is 5.32 Å². The molecule has 0 bridgehead atoms. The van der Waals surface area contributed by atoms with Crippen molar-refractivity contribution in [3.8, 4) is 11.9 Å². The fourth-order valence-electron chi connectivity index (χ4n) is 4.43. The van der Waals surface area contributed by atoms with Crippen molar-refractivity contribution in [3.05, 3.63) is 48.3 Å².